The molecule has 0 radical (unpaired) electrons. The summed E-state index contributed by atoms with van der Waals surface area (Å²) < 4.78 is 0. The zero-order valence-corrected chi connectivity index (χ0v) is 12.6. The number of anilines is 1. The lowest BCUT2D eigenvalue weighted by Gasteiger charge is -2.23. The van der Waals surface area contributed by atoms with Gasteiger partial charge in [0.05, 0.1) is 11.3 Å². The molecule has 0 aliphatic carbocycles. The van der Waals surface area contributed by atoms with E-state index in [-0.39, 0.29) is 18.0 Å². The Morgan fingerprint density at radius 2 is 2.10 bits per heavy atom. The van der Waals surface area contributed by atoms with Gasteiger partial charge in [0, 0.05) is 30.4 Å². The summed E-state index contributed by atoms with van der Waals surface area (Å²) in [5.41, 5.74) is 1.60. The maximum Gasteiger partial charge on any atom is 0.269 e. The fourth-order valence-electron chi connectivity index (χ4n) is 2.50. The lowest BCUT2D eigenvalue weighted by molar-refractivity contribution is -0.384. The molecule has 1 aromatic rings. The van der Waals surface area contributed by atoms with Crippen molar-refractivity contribution >= 4 is 17.3 Å². The molecule has 1 N–H and O–H groups in total. The number of carbonyl (C=O) groups is 1. The fourth-order valence-corrected chi connectivity index (χ4v) is 2.50. The Morgan fingerprint density at radius 3 is 2.71 bits per heavy atom. The van der Waals surface area contributed by atoms with Crippen molar-refractivity contribution in [3.05, 3.63) is 33.9 Å². The van der Waals surface area contributed by atoms with Crippen molar-refractivity contribution in [1.29, 1.82) is 0 Å². The number of benzene rings is 1. The van der Waals surface area contributed by atoms with Gasteiger partial charge in [0.1, 0.15) is 0 Å². The minimum atomic E-state index is -0.428. The third-order valence-corrected chi connectivity index (χ3v) is 3.58. The number of non-ortho nitro benzene ring substituents is 1. The summed E-state index contributed by atoms with van der Waals surface area (Å²) in [7, 11) is 0. The van der Waals surface area contributed by atoms with Crippen molar-refractivity contribution < 1.29 is 9.72 Å². The molecule has 0 aromatic heterocycles. The predicted molar refractivity (Wildman–Crippen MR) is 81.5 cm³/mol. The van der Waals surface area contributed by atoms with Crippen LogP contribution in [0.3, 0.4) is 0 Å². The molecule has 1 unspecified atom stereocenters. The number of fused-ring (bicyclic) bond motifs is 1. The third kappa shape index (κ3) is 3.58. The molecule has 1 aliphatic heterocycles. The molecule has 114 valence electrons. The molecule has 6 nitrogen and oxygen atoms in total. The van der Waals surface area contributed by atoms with Gasteiger partial charge < -0.3 is 10.2 Å². The van der Waals surface area contributed by atoms with Gasteiger partial charge in [-0.05, 0) is 24.1 Å². The number of nitrogens with zero attached hydrogens (tertiary/aromatic N) is 2. The van der Waals surface area contributed by atoms with Crippen molar-refractivity contribution in [1.82, 2.24) is 5.32 Å². The minimum absolute atomic E-state index is 0.0156. The Hall–Kier alpha value is -1.95. The lowest BCUT2D eigenvalue weighted by atomic mass is 10.1. The average molecular weight is 291 g/mol. The van der Waals surface area contributed by atoms with Gasteiger partial charge in [-0.1, -0.05) is 20.8 Å². The Labute approximate surface area is 124 Å². The van der Waals surface area contributed by atoms with E-state index in [1.165, 1.54) is 12.1 Å². The first-order valence-electron chi connectivity index (χ1n) is 7.19. The van der Waals surface area contributed by atoms with Gasteiger partial charge >= 0.3 is 0 Å². The van der Waals surface area contributed by atoms with E-state index in [9.17, 15) is 14.9 Å². The lowest BCUT2D eigenvalue weighted by Crippen LogP contribution is -2.37. The monoisotopic (exact) mass is 291 g/mol. The molecular weight excluding hydrogens is 270 g/mol. The molecule has 0 saturated carbocycles. The topological polar surface area (TPSA) is 75.5 Å². The second-order valence-electron chi connectivity index (χ2n) is 5.92. The van der Waals surface area contributed by atoms with Crippen molar-refractivity contribution in [2.75, 3.05) is 18.0 Å². The summed E-state index contributed by atoms with van der Waals surface area (Å²) in [4.78, 5) is 24.2. The molecule has 0 fully saturated rings. The standard InChI is InChI=1S/C15H21N3O3/c1-10(2)16-8-11(3)9-17-14-5-4-13(18(20)21)6-12(14)7-15(17)19/h4-6,10-11,16H,7-9H2,1-3H3. The van der Waals surface area contributed by atoms with Gasteiger partial charge in [0.25, 0.3) is 5.69 Å². The van der Waals surface area contributed by atoms with Gasteiger partial charge in [0.15, 0.2) is 0 Å². The molecule has 0 spiro atoms. The summed E-state index contributed by atoms with van der Waals surface area (Å²) in [5.74, 6) is 0.333. The molecule has 0 saturated heterocycles. The van der Waals surface area contributed by atoms with Crippen molar-refractivity contribution in [3.63, 3.8) is 0 Å². The van der Waals surface area contributed by atoms with Crippen LogP contribution in [0.1, 0.15) is 26.3 Å². The number of hydrogen-bond acceptors (Lipinski definition) is 4. The highest BCUT2D eigenvalue weighted by Gasteiger charge is 2.29. The second kappa shape index (κ2) is 6.22. The number of nitro benzene ring substituents is 1. The Kier molecular flexibility index (Phi) is 4.57. The van der Waals surface area contributed by atoms with Crippen molar-refractivity contribution in [2.24, 2.45) is 5.92 Å². The van der Waals surface area contributed by atoms with Crippen LogP contribution >= 0.6 is 0 Å². The first-order chi connectivity index (χ1) is 9.88. The van der Waals surface area contributed by atoms with Gasteiger partial charge in [-0.3, -0.25) is 14.9 Å². The number of carbonyl (C=O) groups excluding carboxylic acids is 1. The van der Waals surface area contributed by atoms with Crippen LogP contribution in [0.25, 0.3) is 0 Å². The number of rotatable bonds is 6. The first-order valence-corrected chi connectivity index (χ1v) is 7.19. The minimum Gasteiger partial charge on any atom is -0.314 e. The van der Waals surface area contributed by atoms with Crippen LogP contribution in [0.4, 0.5) is 11.4 Å². The van der Waals surface area contributed by atoms with Gasteiger partial charge in [-0.2, -0.15) is 0 Å². The summed E-state index contributed by atoms with van der Waals surface area (Å²) in [6.07, 6.45) is 0.251. The molecule has 1 amide bonds. The van der Waals surface area contributed by atoms with Gasteiger partial charge in [0.2, 0.25) is 5.91 Å². The fraction of sp³-hybridized carbons (Fsp3) is 0.533. The predicted octanol–water partition coefficient (Wildman–Crippen LogP) is 2.12. The Balaban J connectivity index is 2.10. The molecule has 21 heavy (non-hydrogen) atoms. The SMILES string of the molecule is CC(CNC(C)C)CN1C(=O)Cc2cc([N+](=O)[O-])ccc21. The highest BCUT2D eigenvalue weighted by atomic mass is 16.6. The number of hydrogen-bond donors (Lipinski definition) is 1. The summed E-state index contributed by atoms with van der Waals surface area (Å²) >= 11 is 0. The Morgan fingerprint density at radius 1 is 1.38 bits per heavy atom. The van der Waals surface area contributed by atoms with Gasteiger partial charge in [-0.15, -0.1) is 0 Å². The number of amides is 1. The van der Waals surface area contributed by atoms with Crippen LogP contribution in [0.15, 0.2) is 18.2 Å². The first kappa shape index (κ1) is 15.4. The Bertz CT molecular complexity index is 557. The van der Waals surface area contributed by atoms with Crippen LogP contribution in [-0.2, 0) is 11.2 Å². The van der Waals surface area contributed by atoms with E-state index in [1.54, 1.807) is 11.0 Å². The number of nitrogens with one attached hydrogen (secondary N) is 1. The smallest absolute Gasteiger partial charge is 0.269 e. The van der Waals surface area contributed by atoms with Crippen LogP contribution in [0, 0.1) is 16.0 Å². The largest absolute Gasteiger partial charge is 0.314 e. The third-order valence-electron chi connectivity index (χ3n) is 3.58. The van der Waals surface area contributed by atoms with Crippen molar-refractivity contribution in [2.45, 2.75) is 33.2 Å². The summed E-state index contributed by atoms with van der Waals surface area (Å²) in [5, 5.41) is 14.1. The molecule has 1 atom stereocenters. The maximum atomic E-state index is 12.1. The summed E-state index contributed by atoms with van der Waals surface area (Å²) in [6.45, 7) is 7.73. The quantitative estimate of drug-likeness (QED) is 0.643. The van der Waals surface area contributed by atoms with E-state index in [2.05, 4.69) is 26.1 Å². The normalized spacial score (nSPS) is 15.4. The molecule has 6 heteroatoms. The molecule has 1 aliphatic rings. The molecule has 1 heterocycles. The summed E-state index contributed by atoms with van der Waals surface area (Å²) in [6, 6.07) is 5.06. The van der Waals surface area contributed by atoms with Crippen molar-refractivity contribution in [3.8, 4) is 0 Å². The van der Waals surface area contributed by atoms with Crippen LogP contribution in [0.5, 0.6) is 0 Å². The molecule has 1 aromatic carbocycles. The van der Waals surface area contributed by atoms with E-state index >= 15 is 0 Å². The van der Waals surface area contributed by atoms with E-state index in [0.29, 0.717) is 18.5 Å². The van der Waals surface area contributed by atoms with Crippen LogP contribution in [0.2, 0.25) is 0 Å². The zero-order valence-electron chi connectivity index (χ0n) is 12.6. The van der Waals surface area contributed by atoms with E-state index in [0.717, 1.165) is 17.8 Å². The highest BCUT2D eigenvalue weighted by Crippen LogP contribution is 2.32. The van der Waals surface area contributed by atoms with E-state index in [1.807, 2.05) is 0 Å². The number of nitro groups is 1. The highest BCUT2D eigenvalue weighted by molar-refractivity contribution is 6.01. The van der Waals surface area contributed by atoms with E-state index in [4.69, 9.17) is 0 Å². The molecular formula is C15H21N3O3. The zero-order chi connectivity index (χ0) is 15.6. The molecule has 0 bridgehead atoms. The van der Waals surface area contributed by atoms with Crippen LogP contribution < -0.4 is 10.2 Å². The maximum absolute atomic E-state index is 12.1. The van der Waals surface area contributed by atoms with E-state index < -0.39 is 4.92 Å². The average Bonchev–Trinajstić information content (AvgIpc) is 2.72. The second-order valence-corrected chi connectivity index (χ2v) is 5.92. The van der Waals surface area contributed by atoms with Gasteiger partial charge in [-0.25, -0.2) is 0 Å². The van der Waals surface area contributed by atoms with Crippen LogP contribution in [-0.4, -0.2) is 30.0 Å². The molecule has 2 rings (SSSR count).